The lowest BCUT2D eigenvalue weighted by Gasteiger charge is -2.09. The molecule has 0 spiro atoms. The highest BCUT2D eigenvalue weighted by Gasteiger charge is 2.19. The second-order valence-corrected chi connectivity index (χ2v) is 7.50. The Kier molecular flexibility index (Phi) is 6.76. The van der Waals surface area contributed by atoms with E-state index in [2.05, 4.69) is 30.8 Å². The van der Waals surface area contributed by atoms with Gasteiger partial charge in [0.1, 0.15) is 0 Å². The second kappa shape index (κ2) is 8.59. The zero-order valence-electron chi connectivity index (χ0n) is 13.4. The molecule has 1 N–H and O–H groups in total. The molecule has 0 saturated carbocycles. The van der Waals surface area contributed by atoms with E-state index in [-0.39, 0.29) is 24.0 Å². The van der Waals surface area contributed by atoms with E-state index in [1.807, 2.05) is 26.0 Å². The highest BCUT2D eigenvalue weighted by atomic mass is 79.9. The number of halogens is 1. The molecule has 0 aliphatic heterocycles. The molecule has 2 rings (SSSR count). The number of benzene rings is 1. The van der Waals surface area contributed by atoms with Crippen molar-refractivity contribution < 1.29 is 14.3 Å². The van der Waals surface area contributed by atoms with Gasteiger partial charge < -0.3 is 10.1 Å². The van der Waals surface area contributed by atoms with Crippen molar-refractivity contribution >= 4 is 56.1 Å². The molecule has 24 heavy (non-hydrogen) atoms. The molecular weight excluding hydrogens is 414 g/mol. The Morgan fingerprint density at radius 2 is 2.08 bits per heavy atom. The highest BCUT2D eigenvalue weighted by Crippen LogP contribution is 2.28. The van der Waals surface area contributed by atoms with Gasteiger partial charge in [-0.15, -0.1) is 16.9 Å². The summed E-state index contributed by atoms with van der Waals surface area (Å²) in [6.07, 6.45) is 0. The number of anilines is 1. The van der Waals surface area contributed by atoms with Gasteiger partial charge in [0.2, 0.25) is 11.6 Å². The lowest BCUT2D eigenvalue weighted by atomic mass is 10.2. The van der Waals surface area contributed by atoms with E-state index in [4.69, 9.17) is 4.74 Å². The lowest BCUT2D eigenvalue weighted by molar-refractivity contribution is -0.113. The van der Waals surface area contributed by atoms with Gasteiger partial charge in [-0.3, -0.25) is 4.79 Å². The van der Waals surface area contributed by atoms with Gasteiger partial charge in [0.15, 0.2) is 5.00 Å². The number of rotatable bonds is 6. The molecule has 0 atom stereocenters. The average Bonchev–Trinajstić information content (AvgIpc) is 2.98. The molecular formula is C15H16BrN3O3S2. The van der Waals surface area contributed by atoms with Crippen LogP contribution in [0.2, 0.25) is 0 Å². The van der Waals surface area contributed by atoms with Gasteiger partial charge in [-0.2, -0.15) is 0 Å². The standard InChI is InChI=1S/C15H16BrN3O3S2/c1-4-22-15(21)13-14(24-19-18-13)17-12(20)7-23-11-6-8(2)10(16)5-9(11)3/h5-6H,4,7H2,1-3H3,(H,17,20). The molecule has 128 valence electrons. The summed E-state index contributed by atoms with van der Waals surface area (Å²) in [4.78, 5) is 24.9. The van der Waals surface area contributed by atoms with Crippen molar-refractivity contribution in [2.75, 3.05) is 17.7 Å². The van der Waals surface area contributed by atoms with Crippen LogP contribution in [0.3, 0.4) is 0 Å². The number of nitrogens with one attached hydrogen (secondary N) is 1. The number of hydrogen-bond acceptors (Lipinski definition) is 7. The summed E-state index contributed by atoms with van der Waals surface area (Å²) >= 11 is 5.88. The fourth-order valence-electron chi connectivity index (χ4n) is 1.82. The number of amides is 1. The molecule has 0 radical (unpaired) electrons. The molecule has 0 saturated heterocycles. The molecule has 9 heteroatoms. The minimum atomic E-state index is -0.589. The van der Waals surface area contributed by atoms with Crippen molar-refractivity contribution in [1.29, 1.82) is 0 Å². The van der Waals surface area contributed by atoms with Crippen LogP contribution < -0.4 is 5.32 Å². The van der Waals surface area contributed by atoms with Crippen LogP contribution in [0.1, 0.15) is 28.5 Å². The van der Waals surface area contributed by atoms with Crippen molar-refractivity contribution in [3.05, 3.63) is 33.4 Å². The van der Waals surface area contributed by atoms with Crippen LogP contribution in [0.4, 0.5) is 5.00 Å². The Balaban J connectivity index is 1.99. The van der Waals surface area contributed by atoms with E-state index in [0.717, 1.165) is 32.0 Å². The Labute approximate surface area is 156 Å². The number of aromatic nitrogens is 2. The number of ether oxygens (including phenoxy) is 1. The molecule has 1 aromatic carbocycles. The Hall–Kier alpha value is -1.45. The predicted molar refractivity (Wildman–Crippen MR) is 98.8 cm³/mol. The van der Waals surface area contributed by atoms with E-state index < -0.39 is 5.97 Å². The van der Waals surface area contributed by atoms with Gasteiger partial charge in [-0.1, -0.05) is 20.4 Å². The van der Waals surface area contributed by atoms with E-state index in [1.54, 1.807) is 6.92 Å². The third-order valence-corrected chi connectivity index (χ3v) is 5.68. The largest absolute Gasteiger partial charge is 0.461 e. The molecule has 0 bridgehead atoms. The van der Waals surface area contributed by atoms with Crippen molar-refractivity contribution in [2.24, 2.45) is 0 Å². The number of thioether (sulfide) groups is 1. The zero-order chi connectivity index (χ0) is 17.7. The molecule has 0 aliphatic carbocycles. The summed E-state index contributed by atoms with van der Waals surface area (Å²) in [5.74, 6) is -0.590. The molecule has 0 fully saturated rings. The molecule has 2 aromatic rings. The van der Waals surface area contributed by atoms with Crippen molar-refractivity contribution in [3.8, 4) is 0 Å². The van der Waals surface area contributed by atoms with E-state index in [9.17, 15) is 9.59 Å². The average molecular weight is 430 g/mol. The number of hydrogen-bond donors (Lipinski definition) is 1. The predicted octanol–water partition coefficient (Wildman–Crippen LogP) is 3.82. The number of nitrogens with zero attached hydrogens (tertiary/aromatic N) is 2. The second-order valence-electron chi connectivity index (χ2n) is 4.87. The fraction of sp³-hybridized carbons (Fsp3) is 0.333. The van der Waals surface area contributed by atoms with E-state index in [0.29, 0.717) is 5.00 Å². The third-order valence-electron chi connectivity index (χ3n) is 3.02. The Bertz CT molecular complexity index is 764. The minimum absolute atomic E-state index is 0.0378. The summed E-state index contributed by atoms with van der Waals surface area (Å²) in [5, 5.41) is 6.69. The Morgan fingerprint density at radius 3 is 2.79 bits per heavy atom. The quantitative estimate of drug-likeness (QED) is 0.554. The first kappa shape index (κ1) is 18.9. The number of esters is 1. The van der Waals surface area contributed by atoms with Crippen LogP contribution in [0.5, 0.6) is 0 Å². The van der Waals surface area contributed by atoms with Gasteiger partial charge >= 0.3 is 5.97 Å². The van der Waals surface area contributed by atoms with Gasteiger partial charge in [0, 0.05) is 20.9 Å². The van der Waals surface area contributed by atoms with Crippen LogP contribution in [-0.2, 0) is 9.53 Å². The van der Waals surface area contributed by atoms with E-state index in [1.165, 1.54) is 11.8 Å². The summed E-state index contributed by atoms with van der Waals surface area (Å²) in [7, 11) is 0. The smallest absolute Gasteiger partial charge is 0.362 e. The van der Waals surface area contributed by atoms with Gasteiger partial charge in [0.05, 0.1) is 12.4 Å². The lowest BCUT2D eigenvalue weighted by Crippen LogP contribution is -2.16. The molecule has 0 aliphatic rings. The zero-order valence-corrected chi connectivity index (χ0v) is 16.6. The highest BCUT2D eigenvalue weighted by molar-refractivity contribution is 9.10. The monoisotopic (exact) mass is 429 g/mol. The third kappa shape index (κ3) is 4.78. The summed E-state index contributed by atoms with van der Waals surface area (Å²) in [6, 6.07) is 4.07. The maximum atomic E-state index is 12.1. The summed E-state index contributed by atoms with van der Waals surface area (Å²) < 4.78 is 9.62. The van der Waals surface area contributed by atoms with Crippen molar-refractivity contribution in [2.45, 2.75) is 25.7 Å². The van der Waals surface area contributed by atoms with Crippen molar-refractivity contribution in [1.82, 2.24) is 9.59 Å². The normalized spacial score (nSPS) is 10.5. The van der Waals surface area contributed by atoms with Crippen LogP contribution in [0.25, 0.3) is 0 Å². The molecule has 0 unspecified atom stereocenters. The van der Waals surface area contributed by atoms with Crippen LogP contribution in [0, 0.1) is 13.8 Å². The first-order valence-corrected chi connectivity index (χ1v) is 9.66. The SMILES string of the molecule is CCOC(=O)c1nnsc1NC(=O)CSc1cc(C)c(Br)cc1C. The van der Waals surface area contributed by atoms with Crippen LogP contribution >= 0.6 is 39.2 Å². The fourth-order valence-corrected chi connectivity index (χ4v) is 3.76. The minimum Gasteiger partial charge on any atom is -0.461 e. The first-order chi connectivity index (χ1) is 11.4. The summed E-state index contributed by atoms with van der Waals surface area (Å²) in [5.41, 5.74) is 2.24. The van der Waals surface area contributed by atoms with Gasteiger partial charge in [-0.05, 0) is 44.0 Å². The maximum Gasteiger partial charge on any atom is 0.362 e. The van der Waals surface area contributed by atoms with E-state index >= 15 is 0 Å². The number of aryl methyl sites for hydroxylation is 2. The Morgan fingerprint density at radius 1 is 1.33 bits per heavy atom. The molecule has 1 heterocycles. The molecule has 6 nitrogen and oxygen atoms in total. The van der Waals surface area contributed by atoms with Crippen LogP contribution in [0.15, 0.2) is 21.5 Å². The number of carbonyl (C=O) groups excluding carboxylic acids is 2. The van der Waals surface area contributed by atoms with Crippen molar-refractivity contribution in [3.63, 3.8) is 0 Å². The van der Waals surface area contributed by atoms with Gasteiger partial charge in [-0.25, -0.2) is 4.79 Å². The van der Waals surface area contributed by atoms with Crippen LogP contribution in [-0.4, -0.2) is 33.8 Å². The molecule has 1 amide bonds. The molecule has 1 aromatic heterocycles. The summed E-state index contributed by atoms with van der Waals surface area (Å²) in [6.45, 7) is 5.94. The maximum absolute atomic E-state index is 12.1. The first-order valence-electron chi connectivity index (χ1n) is 7.11. The van der Waals surface area contributed by atoms with Gasteiger partial charge in [0.25, 0.3) is 0 Å². The number of carbonyl (C=O) groups is 2. The topological polar surface area (TPSA) is 81.2 Å².